The molecular formula is C18H15F2NO2. The average molecular weight is 315 g/mol. The molecule has 0 aliphatic carbocycles. The number of ether oxygens (including phenoxy) is 1. The fourth-order valence-corrected chi connectivity index (χ4v) is 2.79. The zero-order valence-electron chi connectivity index (χ0n) is 12.4. The van der Waals surface area contributed by atoms with E-state index in [0.29, 0.717) is 34.5 Å². The second kappa shape index (κ2) is 5.93. The second-order valence-corrected chi connectivity index (χ2v) is 5.47. The van der Waals surface area contributed by atoms with Gasteiger partial charge < -0.3 is 15.3 Å². The van der Waals surface area contributed by atoms with Crippen LogP contribution in [0.3, 0.4) is 0 Å². The average Bonchev–Trinajstić information content (AvgIpc) is 2.52. The van der Waals surface area contributed by atoms with Crippen LogP contribution in [0.4, 0.5) is 8.78 Å². The van der Waals surface area contributed by atoms with E-state index < -0.39 is 23.6 Å². The molecule has 0 bridgehead atoms. The molecule has 2 aromatic rings. The van der Waals surface area contributed by atoms with E-state index in [0.717, 1.165) is 0 Å². The van der Waals surface area contributed by atoms with Crippen LogP contribution in [0.25, 0.3) is 5.57 Å². The van der Waals surface area contributed by atoms with Crippen molar-refractivity contribution in [3.8, 4) is 5.75 Å². The topological polar surface area (TPSA) is 52.3 Å². The summed E-state index contributed by atoms with van der Waals surface area (Å²) in [5.74, 6) is -0.907. The molecule has 1 aliphatic rings. The minimum atomic E-state index is -0.766. The highest BCUT2D eigenvalue weighted by molar-refractivity contribution is 5.90. The highest BCUT2D eigenvalue weighted by Gasteiger charge is 2.32. The minimum absolute atomic E-state index is 0.381. The molecule has 1 unspecified atom stereocenters. The number of fused-ring (bicyclic) bond motifs is 1. The van der Waals surface area contributed by atoms with Gasteiger partial charge in [-0.1, -0.05) is 12.1 Å². The lowest BCUT2D eigenvalue weighted by atomic mass is 9.83. The number of rotatable bonds is 3. The molecule has 0 amide bonds. The van der Waals surface area contributed by atoms with Crippen molar-refractivity contribution in [3.63, 3.8) is 0 Å². The van der Waals surface area contributed by atoms with Crippen molar-refractivity contribution in [2.24, 2.45) is 5.73 Å². The minimum Gasteiger partial charge on any atom is -0.459 e. The number of carbonyl (C=O) groups excluding carboxylic acids is 1. The summed E-state index contributed by atoms with van der Waals surface area (Å²) in [6.45, 7) is 1.71. The van der Waals surface area contributed by atoms with E-state index in [1.165, 1.54) is 30.3 Å². The fraction of sp³-hybridized carbons (Fsp3) is 0.167. The van der Waals surface area contributed by atoms with E-state index in [-0.39, 0.29) is 0 Å². The summed E-state index contributed by atoms with van der Waals surface area (Å²) in [5, 5.41) is 0. The van der Waals surface area contributed by atoms with Gasteiger partial charge in [-0.25, -0.2) is 8.78 Å². The molecule has 1 heterocycles. The van der Waals surface area contributed by atoms with Crippen LogP contribution in [-0.4, -0.2) is 12.3 Å². The lowest BCUT2D eigenvalue weighted by Crippen LogP contribution is -2.28. The van der Waals surface area contributed by atoms with Gasteiger partial charge in [-0.05, 0) is 42.8 Å². The standard InChI is InChI=1S/C18H15F2NO2/c1-10(21)18-17(11-3-2-4-12(19)7-11)15(9-22)14-8-13(20)5-6-16(14)23-18/h2-10,15H,21H2,1H3/t10?,15-/m1/s1. The Morgan fingerprint density at radius 2 is 1.91 bits per heavy atom. The van der Waals surface area contributed by atoms with Gasteiger partial charge in [-0.15, -0.1) is 0 Å². The van der Waals surface area contributed by atoms with Crippen LogP contribution in [-0.2, 0) is 4.79 Å². The first-order valence-corrected chi connectivity index (χ1v) is 7.19. The summed E-state index contributed by atoms with van der Waals surface area (Å²) < 4.78 is 33.0. The number of benzene rings is 2. The Hall–Kier alpha value is -2.53. The zero-order chi connectivity index (χ0) is 16.6. The third kappa shape index (κ3) is 2.75. The van der Waals surface area contributed by atoms with Crippen molar-refractivity contribution in [1.82, 2.24) is 0 Å². The van der Waals surface area contributed by atoms with Crippen LogP contribution < -0.4 is 10.5 Å². The summed E-state index contributed by atoms with van der Waals surface area (Å²) in [7, 11) is 0. The van der Waals surface area contributed by atoms with Crippen molar-refractivity contribution in [3.05, 3.63) is 71.0 Å². The maximum atomic E-state index is 13.6. The molecule has 0 aromatic heterocycles. The number of hydrogen-bond acceptors (Lipinski definition) is 3. The Morgan fingerprint density at radius 3 is 2.57 bits per heavy atom. The van der Waals surface area contributed by atoms with Crippen LogP contribution in [0.1, 0.15) is 24.0 Å². The van der Waals surface area contributed by atoms with Gasteiger partial charge in [0, 0.05) is 11.1 Å². The van der Waals surface area contributed by atoms with Gasteiger partial charge in [0.1, 0.15) is 29.4 Å². The van der Waals surface area contributed by atoms with Crippen molar-refractivity contribution in [2.45, 2.75) is 18.9 Å². The van der Waals surface area contributed by atoms with Crippen molar-refractivity contribution in [1.29, 1.82) is 0 Å². The van der Waals surface area contributed by atoms with Gasteiger partial charge >= 0.3 is 0 Å². The summed E-state index contributed by atoms with van der Waals surface area (Å²) in [6, 6.07) is 9.30. The molecule has 0 saturated carbocycles. The highest BCUT2D eigenvalue weighted by atomic mass is 19.1. The molecule has 3 rings (SSSR count). The first-order valence-electron chi connectivity index (χ1n) is 7.19. The molecule has 2 atom stereocenters. The molecule has 0 radical (unpaired) electrons. The Balaban J connectivity index is 2.25. The third-order valence-electron chi connectivity index (χ3n) is 3.79. The molecular weight excluding hydrogens is 300 g/mol. The number of nitrogens with two attached hydrogens (primary N) is 1. The predicted octanol–water partition coefficient (Wildman–Crippen LogP) is 3.40. The first-order chi connectivity index (χ1) is 11.0. The van der Waals surface area contributed by atoms with Crippen molar-refractivity contribution in [2.75, 3.05) is 0 Å². The molecule has 5 heteroatoms. The van der Waals surface area contributed by atoms with Gasteiger partial charge in [-0.2, -0.15) is 0 Å². The van der Waals surface area contributed by atoms with Crippen LogP contribution in [0.2, 0.25) is 0 Å². The molecule has 2 N–H and O–H groups in total. The maximum absolute atomic E-state index is 13.6. The number of carbonyl (C=O) groups is 1. The molecule has 0 spiro atoms. The van der Waals surface area contributed by atoms with Gasteiger partial charge in [0.05, 0.1) is 12.0 Å². The Kier molecular flexibility index (Phi) is 3.96. The van der Waals surface area contributed by atoms with Crippen LogP contribution in [0.5, 0.6) is 5.75 Å². The molecule has 118 valence electrons. The van der Waals surface area contributed by atoms with Gasteiger partial charge in [0.15, 0.2) is 0 Å². The van der Waals surface area contributed by atoms with Gasteiger partial charge in [0.25, 0.3) is 0 Å². The molecule has 1 aliphatic heterocycles. The largest absolute Gasteiger partial charge is 0.459 e. The van der Waals surface area contributed by atoms with Crippen LogP contribution >= 0.6 is 0 Å². The van der Waals surface area contributed by atoms with Crippen LogP contribution in [0, 0.1) is 11.6 Å². The Bertz CT molecular complexity index is 799. The lowest BCUT2D eigenvalue weighted by Gasteiger charge is -2.30. The van der Waals surface area contributed by atoms with E-state index in [9.17, 15) is 13.6 Å². The molecule has 0 fully saturated rings. The summed E-state index contributed by atoms with van der Waals surface area (Å²) in [5.41, 5.74) is 7.33. The molecule has 23 heavy (non-hydrogen) atoms. The maximum Gasteiger partial charge on any atom is 0.132 e. The van der Waals surface area contributed by atoms with E-state index in [2.05, 4.69) is 0 Å². The second-order valence-electron chi connectivity index (χ2n) is 5.47. The quantitative estimate of drug-likeness (QED) is 0.883. The molecule has 0 saturated heterocycles. The summed E-state index contributed by atoms with van der Waals surface area (Å²) in [6.07, 6.45) is 0.698. The molecule has 2 aromatic carbocycles. The normalized spacial score (nSPS) is 18.2. The number of allylic oxidation sites excluding steroid dienone is 1. The lowest BCUT2D eigenvalue weighted by molar-refractivity contribution is -0.108. The Labute approximate surface area is 132 Å². The molecule has 3 nitrogen and oxygen atoms in total. The zero-order valence-corrected chi connectivity index (χ0v) is 12.4. The van der Waals surface area contributed by atoms with E-state index in [1.54, 1.807) is 19.1 Å². The fourth-order valence-electron chi connectivity index (χ4n) is 2.79. The van der Waals surface area contributed by atoms with Gasteiger partial charge in [-0.3, -0.25) is 0 Å². The van der Waals surface area contributed by atoms with Crippen molar-refractivity contribution < 1.29 is 18.3 Å². The van der Waals surface area contributed by atoms with Crippen LogP contribution in [0.15, 0.2) is 48.2 Å². The first kappa shape index (κ1) is 15.4. The smallest absolute Gasteiger partial charge is 0.132 e. The number of halogens is 2. The Morgan fingerprint density at radius 1 is 1.17 bits per heavy atom. The summed E-state index contributed by atoms with van der Waals surface area (Å²) in [4.78, 5) is 11.7. The van der Waals surface area contributed by atoms with E-state index in [4.69, 9.17) is 10.5 Å². The van der Waals surface area contributed by atoms with Gasteiger partial charge in [0.2, 0.25) is 0 Å². The number of aldehydes is 1. The highest BCUT2D eigenvalue weighted by Crippen LogP contribution is 2.43. The number of hydrogen-bond donors (Lipinski definition) is 1. The SMILES string of the molecule is CC(N)C1=C(c2cccc(F)c2)[C@H](C=O)c2cc(F)ccc2O1. The van der Waals surface area contributed by atoms with E-state index in [1.807, 2.05) is 0 Å². The van der Waals surface area contributed by atoms with Crippen molar-refractivity contribution >= 4 is 11.9 Å². The third-order valence-corrected chi connectivity index (χ3v) is 3.79. The summed E-state index contributed by atoms with van der Waals surface area (Å²) >= 11 is 0. The monoisotopic (exact) mass is 315 g/mol. The van der Waals surface area contributed by atoms with E-state index >= 15 is 0 Å². The predicted molar refractivity (Wildman–Crippen MR) is 82.8 cm³/mol.